The fraction of sp³-hybridized carbons (Fsp3) is 0.0769. The van der Waals surface area contributed by atoms with Gasteiger partial charge in [0.05, 0.1) is 6.04 Å². The molecule has 0 heterocycles. The Kier molecular flexibility index (Phi) is 3.54. The molecule has 0 saturated heterocycles. The van der Waals surface area contributed by atoms with Gasteiger partial charge >= 0.3 is 0 Å². The second-order valence-corrected chi connectivity index (χ2v) is 4.61. The summed E-state index contributed by atoms with van der Waals surface area (Å²) in [6, 6.07) is 9.82. The van der Waals surface area contributed by atoms with E-state index in [1.165, 1.54) is 0 Å². The molecule has 1 nitrogen and oxygen atoms in total. The minimum atomic E-state index is -0.678. The average molecular weight is 298 g/mol. The maximum absolute atomic E-state index is 13.5. The van der Waals surface area contributed by atoms with Crippen LogP contribution in [0.2, 0.25) is 0 Å². The Hall–Kier alpha value is -1.26. The summed E-state index contributed by atoms with van der Waals surface area (Å²) >= 11 is 3.31. The van der Waals surface area contributed by atoms with Crippen LogP contribution in [0.15, 0.2) is 46.9 Å². The molecule has 4 heteroatoms. The largest absolute Gasteiger partial charge is 0.320 e. The molecule has 2 aromatic rings. The van der Waals surface area contributed by atoms with Gasteiger partial charge in [0.25, 0.3) is 0 Å². The van der Waals surface area contributed by atoms with Crippen molar-refractivity contribution >= 4 is 15.9 Å². The van der Waals surface area contributed by atoms with Gasteiger partial charge in [-0.1, -0.05) is 28.1 Å². The average Bonchev–Trinajstić information content (AvgIpc) is 2.31. The number of halogens is 3. The summed E-state index contributed by atoms with van der Waals surface area (Å²) in [5, 5.41) is 0. The molecule has 0 amide bonds. The van der Waals surface area contributed by atoms with Gasteiger partial charge in [-0.2, -0.15) is 0 Å². The number of hydrogen-bond donors (Lipinski definition) is 1. The molecule has 17 heavy (non-hydrogen) atoms. The molecule has 0 fully saturated rings. The molecule has 2 N–H and O–H groups in total. The predicted octanol–water partition coefficient (Wildman–Crippen LogP) is 3.78. The number of nitrogens with two attached hydrogens (primary N) is 1. The lowest BCUT2D eigenvalue weighted by Crippen LogP contribution is -2.13. The van der Waals surface area contributed by atoms with Crippen LogP contribution in [0, 0.1) is 11.6 Å². The first-order valence-electron chi connectivity index (χ1n) is 5.04. The minimum absolute atomic E-state index is 0.156. The van der Waals surface area contributed by atoms with Gasteiger partial charge in [0, 0.05) is 10.0 Å². The molecule has 0 aliphatic heterocycles. The van der Waals surface area contributed by atoms with E-state index in [1.807, 2.05) is 6.07 Å². The zero-order chi connectivity index (χ0) is 12.4. The van der Waals surface area contributed by atoms with Gasteiger partial charge in [0.1, 0.15) is 11.6 Å². The summed E-state index contributed by atoms with van der Waals surface area (Å²) in [6.07, 6.45) is 0. The third kappa shape index (κ3) is 2.70. The van der Waals surface area contributed by atoms with Crippen LogP contribution in [0.3, 0.4) is 0 Å². The van der Waals surface area contributed by atoms with Crippen molar-refractivity contribution < 1.29 is 8.78 Å². The second kappa shape index (κ2) is 4.94. The summed E-state index contributed by atoms with van der Waals surface area (Å²) in [5.74, 6) is -0.995. The van der Waals surface area contributed by atoms with Crippen LogP contribution < -0.4 is 5.73 Å². The lowest BCUT2D eigenvalue weighted by molar-refractivity contribution is 0.576. The minimum Gasteiger partial charge on any atom is -0.320 e. The summed E-state index contributed by atoms with van der Waals surface area (Å²) in [4.78, 5) is 0. The van der Waals surface area contributed by atoms with E-state index in [9.17, 15) is 8.78 Å². The first kappa shape index (κ1) is 12.2. The van der Waals surface area contributed by atoms with Crippen molar-refractivity contribution in [2.45, 2.75) is 6.04 Å². The van der Waals surface area contributed by atoms with Gasteiger partial charge in [-0.05, 0) is 35.9 Å². The lowest BCUT2D eigenvalue weighted by atomic mass is 9.99. The van der Waals surface area contributed by atoms with Crippen LogP contribution in [0.25, 0.3) is 0 Å². The Morgan fingerprint density at radius 2 is 1.82 bits per heavy atom. The Balaban J connectivity index is 2.43. The van der Waals surface area contributed by atoms with E-state index in [2.05, 4.69) is 15.9 Å². The number of benzene rings is 2. The third-order valence-electron chi connectivity index (χ3n) is 2.50. The van der Waals surface area contributed by atoms with E-state index in [0.717, 1.165) is 28.2 Å². The Morgan fingerprint density at radius 3 is 2.53 bits per heavy atom. The Labute approximate surface area is 106 Å². The standard InChI is InChI=1S/C13H10BrF2N/c14-9-3-1-2-8(6-9)13(17)11-7-10(15)4-5-12(11)16/h1-7,13H,17H2. The van der Waals surface area contributed by atoms with Gasteiger partial charge in [0.15, 0.2) is 0 Å². The fourth-order valence-corrected chi connectivity index (χ4v) is 2.05. The van der Waals surface area contributed by atoms with Crippen LogP contribution in [0.1, 0.15) is 17.2 Å². The number of rotatable bonds is 2. The van der Waals surface area contributed by atoms with Crippen molar-refractivity contribution in [3.05, 3.63) is 69.7 Å². The Morgan fingerprint density at radius 1 is 1.06 bits per heavy atom. The SMILES string of the molecule is NC(c1cccc(Br)c1)c1cc(F)ccc1F. The van der Waals surface area contributed by atoms with Crippen LogP contribution in [0.4, 0.5) is 8.78 Å². The highest BCUT2D eigenvalue weighted by atomic mass is 79.9. The highest BCUT2D eigenvalue weighted by Gasteiger charge is 2.14. The van der Waals surface area contributed by atoms with Crippen LogP contribution in [-0.4, -0.2) is 0 Å². The molecule has 88 valence electrons. The predicted molar refractivity (Wildman–Crippen MR) is 66.5 cm³/mol. The summed E-state index contributed by atoms with van der Waals surface area (Å²) in [7, 11) is 0. The first-order chi connectivity index (χ1) is 8.08. The lowest BCUT2D eigenvalue weighted by Gasteiger charge is -2.13. The van der Waals surface area contributed by atoms with E-state index in [1.54, 1.807) is 18.2 Å². The molecule has 0 spiro atoms. The molecule has 2 rings (SSSR count). The highest BCUT2D eigenvalue weighted by molar-refractivity contribution is 9.10. The molecule has 0 aliphatic carbocycles. The summed E-state index contributed by atoms with van der Waals surface area (Å²) in [5.41, 5.74) is 6.81. The second-order valence-electron chi connectivity index (χ2n) is 3.70. The molecular weight excluding hydrogens is 288 g/mol. The topological polar surface area (TPSA) is 26.0 Å². The van der Waals surface area contributed by atoms with E-state index in [4.69, 9.17) is 5.73 Å². The summed E-state index contributed by atoms with van der Waals surface area (Å²) < 4.78 is 27.5. The van der Waals surface area contributed by atoms with Gasteiger partial charge in [-0.3, -0.25) is 0 Å². The van der Waals surface area contributed by atoms with E-state index in [-0.39, 0.29) is 5.56 Å². The fourth-order valence-electron chi connectivity index (χ4n) is 1.63. The molecule has 0 bridgehead atoms. The zero-order valence-electron chi connectivity index (χ0n) is 8.83. The normalized spacial score (nSPS) is 12.5. The van der Waals surface area contributed by atoms with Gasteiger partial charge in [-0.15, -0.1) is 0 Å². The van der Waals surface area contributed by atoms with Crippen molar-refractivity contribution in [3.8, 4) is 0 Å². The Bertz CT molecular complexity index is 543. The smallest absolute Gasteiger partial charge is 0.128 e. The molecule has 2 aromatic carbocycles. The maximum atomic E-state index is 13.5. The first-order valence-corrected chi connectivity index (χ1v) is 5.83. The van der Waals surface area contributed by atoms with Crippen molar-refractivity contribution in [1.82, 2.24) is 0 Å². The molecule has 0 radical (unpaired) electrons. The van der Waals surface area contributed by atoms with Crippen LogP contribution in [0.5, 0.6) is 0 Å². The molecule has 0 aliphatic rings. The van der Waals surface area contributed by atoms with E-state index < -0.39 is 17.7 Å². The van der Waals surface area contributed by atoms with Crippen molar-refractivity contribution in [3.63, 3.8) is 0 Å². The zero-order valence-corrected chi connectivity index (χ0v) is 10.4. The maximum Gasteiger partial charge on any atom is 0.128 e. The molecular formula is C13H10BrF2N. The van der Waals surface area contributed by atoms with Crippen LogP contribution in [-0.2, 0) is 0 Å². The van der Waals surface area contributed by atoms with Gasteiger partial charge in [-0.25, -0.2) is 8.78 Å². The van der Waals surface area contributed by atoms with Gasteiger partial charge in [0.2, 0.25) is 0 Å². The van der Waals surface area contributed by atoms with Crippen molar-refractivity contribution in [2.75, 3.05) is 0 Å². The van der Waals surface area contributed by atoms with Crippen molar-refractivity contribution in [2.24, 2.45) is 5.73 Å². The molecule has 1 unspecified atom stereocenters. The quantitative estimate of drug-likeness (QED) is 0.897. The third-order valence-corrected chi connectivity index (χ3v) is 2.99. The van der Waals surface area contributed by atoms with E-state index >= 15 is 0 Å². The van der Waals surface area contributed by atoms with Crippen molar-refractivity contribution in [1.29, 1.82) is 0 Å². The van der Waals surface area contributed by atoms with Crippen LogP contribution >= 0.6 is 15.9 Å². The summed E-state index contributed by atoms with van der Waals surface area (Å²) in [6.45, 7) is 0. The molecule has 1 atom stereocenters. The van der Waals surface area contributed by atoms with Gasteiger partial charge < -0.3 is 5.73 Å². The monoisotopic (exact) mass is 297 g/mol. The number of hydrogen-bond acceptors (Lipinski definition) is 1. The molecule has 0 aromatic heterocycles. The highest BCUT2D eigenvalue weighted by Crippen LogP contribution is 2.24. The van der Waals surface area contributed by atoms with E-state index in [0.29, 0.717) is 0 Å². The molecule has 0 saturated carbocycles.